The molecule has 6 nitrogen and oxygen atoms in total. The van der Waals surface area contributed by atoms with E-state index in [2.05, 4.69) is 16.3 Å². The molecule has 0 unspecified atom stereocenters. The summed E-state index contributed by atoms with van der Waals surface area (Å²) in [4.78, 5) is 16.3. The number of anilines is 1. The van der Waals surface area contributed by atoms with Crippen LogP contribution >= 0.6 is 0 Å². The highest BCUT2D eigenvalue weighted by Gasteiger charge is 2.15. The molecule has 2 rings (SSSR count). The third kappa shape index (κ3) is 5.82. The molecule has 1 aliphatic heterocycles. The quantitative estimate of drug-likeness (QED) is 0.781. The molecule has 6 heteroatoms. The zero-order valence-corrected chi connectivity index (χ0v) is 14.1. The Kier molecular flexibility index (Phi) is 7.32. The summed E-state index contributed by atoms with van der Waals surface area (Å²) in [6.45, 7) is 5.57. The van der Waals surface area contributed by atoms with E-state index in [9.17, 15) is 4.79 Å². The van der Waals surface area contributed by atoms with Crippen LogP contribution in [0.3, 0.4) is 0 Å². The number of nitrogens with zero attached hydrogens (tertiary/aromatic N) is 2. The largest absolute Gasteiger partial charge is 0.385 e. The molecule has 1 aromatic rings. The number of hydrogen-bond acceptors (Lipinski definition) is 4. The number of benzene rings is 1. The summed E-state index contributed by atoms with van der Waals surface area (Å²) < 4.78 is 10.4. The number of nitrogens with one attached hydrogen (secondary N) is 1. The maximum Gasteiger partial charge on any atom is 0.321 e. The lowest BCUT2D eigenvalue weighted by atomic mass is 10.1. The Morgan fingerprint density at radius 3 is 2.83 bits per heavy atom. The van der Waals surface area contributed by atoms with Gasteiger partial charge in [-0.25, -0.2) is 4.79 Å². The summed E-state index contributed by atoms with van der Waals surface area (Å²) in [6.07, 6.45) is 0.829. The van der Waals surface area contributed by atoms with Crippen LogP contribution in [0.4, 0.5) is 10.5 Å². The molecule has 0 aliphatic carbocycles. The first kappa shape index (κ1) is 17.7. The van der Waals surface area contributed by atoms with Gasteiger partial charge in [-0.05, 0) is 18.1 Å². The molecule has 1 fully saturated rings. The standard InChI is InChI=1S/C17H27N3O3/c1-19(8-5-11-22-2)17(21)18-16-7-4-3-6-15(16)14-20-9-12-23-13-10-20/h3-4,6-7H,5,8-14H2,1-2H3,(H,18,21). The van der Waals surface area contributed by atoms with Gasteiger partial charge in [0.15, 0.2) is 0 Å². The normalized spacial score (nSPS) is 15.4. The SMILES string of the molecule is COCCCN(C)C(=O)Nc1ccccc1CN1CCOCC1. The van der Waals surface area contributed by atoms with Gasteiger partial charge in [-0.3, -0.25) is 4.90 Å². The van der Waals surface area contributed by atoms with E-state index in [1.54, 1.807) is 19.1 Å². The number of morpholine rings is 1. The van der Waals surface area contributed by atoms with E-state index in [1.807, 2.05) is 18.2 Å². The van der Waals surface area contributed by atoms with E-state index >= 15 is 0 Å². The molecule has 1 N–H and O–H groups in total. The summed E-state index contributed by atoms with van der Waals surface area (Å²) >= 11 is 0. The number of amides is 2. The van der Waals surface area contributed by atoms with Gasteiger partial charge in [-0.2, -0.15) is 0 Å². The van der Waals surface area contributed by atoms with Crippen molar-refractivity contribution >= 4 is 11.7 Å². The number of carbonyl (C=O) groups is 1. The second kappa shape index (κ2) is 9.50. The highest BCUT2D eigenvalue weighted by atomic mass is 16.5. The Labute approximate surface area is 138 Å². The lowest BCUT2D eigenvalue weighted by Gasteiger charge is -2.27. The molecule has 1 heterocycles. The molecule has 1 aromatic carbocycles. The van der Waals surface area contributed by atoms with Crippen molar-refractivity contribution in [2.45, 2.75) is 13.0 Å². The predicted octanol–water partition coefficient (Wildman–Crippen LogP) is 2.02. The molecule has 23 heavy (non-hydrogen) atoms. The van der Waals surface area contributed by atoms with Gasteiger partial charge < -0.3 is 19.7 Å². The monoisotopic (exact) mass is 321 g/mol. The Morgan fingerprint density at radius 1 is 1.35 bits per heavy atom. The van der Waals surface area contributed by atoms with Gasteiger partial charge in [0.2, 0.25) is 0 Å². The minimum Gasteiger partial charge on any atom is -0.385 e. The van der Waals surface area contributed by atoms with Crippen LogP contribution in [0.2, 0.25) is 0 Å². The number of ether oxygens (including phenoxy) is 2. The van der Waals surface area contributed by atoms with Gasteiger partial charge in [0, 0.05) is 52.6 Å². The van der Waals surface area contributed by atoms with Crippen LogP contribution in [0.15, 0.2) is 24.3 Å². The average molecular weight is 321 g/mol. The van der Waals surface area contributed by atoms with Crippen molar-refractivity contribution in [3.63, 3.8) is 0 Å². The van der Waals surface area contributed by atoms with E-state index < -0.39 is 0 Å². The molecule has 1 saturated heterocycles. The average Bonchev–Trinajstić information content (AvgIpc) is 2.57. The Bertz CT molecular complexity index is 490. The lowest BCUT2D eigenvalue weighted by Crippen LogP contribution is -2.36. The van der Waals surface area contributed by atoms with E-state index in [4.69, 9.17) is 9.47 Å². The number of methoxy groups -OCH3 is 1. The van der Waals surface area contributed by atoms with E-state index in [-0.39, 0.29) is 6.03 Å². The molecule has 0 radical (unpaired) electrons. The second-order valence-corrected chi connectivity index (χ2v) is 5.74. The maximum atomic E-state index is 12.3. The molecule has 0 saturated carbocycles. The highest BCUT2D eigenvalue weighted by molar-refractivity contribution is 5.89. The van der Waals surface area contributed by atoms with Gasteiger partial charge in [0.05, 0.1) is 13.2 Å². The van der Waals surface area contributed by atoms with Gasteiger partial charge in [-0.1, -0.05) is 18.2 Å². The summed E-state index contributed by atoms with van der Waals surface area (Å²) in [7, 11) is 3.47. The predicted molar refractivity (Wildman–Crippen MR) is 90.7 cm³/mol. The van der Waals surface area contributed by atoms with E-state index in [1.165, 1.54) is 0 Å². The summed E-state index contributed by atoms with van der Waals surface area (Å²) in [5.74, 6) is 0. The number of carbonyl (C=O) groups excluding carboxylic acids is 1. The van der Waals surface area contributed by atoms with Crippen LogP contribution in [0.1, 0.15) is 12.0 Å². The van der Waals surface area contributed by atoms with Crippen molar-refractivity contribution in [2.24, 2.45) is 0 Å². The van der Waals surface area contributed by atoms with E-state index in [0.29, 0.717) is 13.2 Å². The number of urea groups is 1. The number of rotatable bonds is 7. The second-order valence-electron chi connectivity index (χ2n) is 5.74. The van der Waals surface area contributed by atoms with Crippen LogP contribution in [0.25, 0.3) is 0 Å². The van der Waals surface area contributed by atoms with Crippen LogP contribution < -0.4 is 5.32 Å². The molecule has 0 bridgehead atoms. The van der Waals surface area contributed by atoms with Gasteiger partial charge in [0.1, 0.15) is 0 Å². The summed E-state index contributed by atoms with van der Waals surface area (Å²) in [6, 6.07) is 7.89. The van der Waals surface area contributed by atoms with Crippen LogP contribution in [-0.4, -0.2) is 69.4 Å². The minimum absolute atomic E-state index is 0.0875. The molecule has 2 amide bonds. The fourth-order valence-corrected chi connectivity index (χ4v) is 2.54. The minimum atomic E-state index is -0.0875. The third-order valence-corrected chi connectivity index (χ3v) is 3.95. The first-order valence-electron chi connectivity index (χ1n) is 8.10. The topological polar surface area (TPSA) is 54.0 Å². The zero-order valence-electron chi connectivity index (χ0n) is 14.1. The van der Waals surface area contributed by atoms with Crippen molar-refractivity contribution in [2.75, 3.05) is 58.9 Å². The highest BCUT2D eigenvalue weighted by Crippen LogP contribution is 2.18. The van der Waals surface area contributed by atoms with Crippen LogP contribution in [-0.2, 0) is 16.0 Å². The zero-order chi connectivity index (χ0) is 16.5. The van der Waals surface area contributed by atoms with Crippen molar-refractivity contribution in [3.8, 4) is 0 Å². The van der Waals surface area contributed by atoms with Crippen LogP contribution in [0, 0.1) is 0 Å². The fourth-order valence-electron chi connectivity index (χ4n) is 2.54. The number of para-hydroxylation sites is 1. The Balaban J connectivity index is 1.92. The van der Waals surface area contributed by atoms with Crippen molar-refractivity contribution < 1.29 is 14.3 Å². The molecule has 0 spiro atoms. The summed E-state index contributed by atoms with van der Waals surface area (Å²) in [5.41, 5.74) is 2.01. The fraction of sp³-hybridized carbons (Fsp3) is 0.588. The molecular weight excluding hydrogens is 294 g/mol. The molecule has 0 aromatic heterocycles. The van der Waals surface area contributed by atoms with Crippen molar-refractivity contribution in [1.82, 2.24) is 9.80 Å². The Hall–Kier alpha value is -1.63. The van der Waals surface area contributed by atoms with Crippen molar-refractivity contribution in [1.29, 1.82) is 0 Å². The third-order valence-electron chi connectivity index (χ3n) is 3.95. The first-order valence-corrected chi connectivity index (χ1v) is 8.10. The molecule has 1 aliphatic rings. The first-order chi connectivity index (χ1) is 11.2. The number of hydrogen-bond donors (Lipinski definition) is 1. The van der Waals surface area contributed by atoms with Gasteiger partial charge in [-0.15, -0.1) is 0 Å². The molecule has 128 valence electrons. The molecular formula is C17H27N3O3. The molecule has 0 atom stereocenters. The maximum absolute atomic E-state index is 12.3. The lowest BCUT2D eigenvalue weighted by molar-refractivity contribution is 0.0342. The van der Waals surface area contributed by atoms with Gasteiger partial charge in [0.25, 0.3) is 0 Å². The van der Waals surface area contributed by atoms with E-state index in [0.717, 1.165) is 50.5 Å². The van der Waals surface area contributed by atoms with Crippen molar-refractivity contribution in [3.05, 3.63) is 29.8 Å². The Morgan fingerprint density at radius 2 is 2.09 bits per heavy atom. The van der Waals surface area contributed by atoms with Gasteiger partial charge >= 0.3 is 6.03 Å². The summed E-state index contributed by atoms with van der Waals surface area (Å²) in [5, 5.41) is 3.02. The smallest absolute Gasteiger partial charge is 0.321 e. The van der Waals surface area contributed by atoms with Crippen LogP contribution in [0.5, 0.6) is 0 Å².